The highest BCUT2D eigenvalue weighted by molar-refractivity contribution is 7.80. The number of hydrogen-bond donors (Lipinski definition) is 2. The Morgan fingerprint density at radius 2 is 1.76 bits per heavy atom. The Morgan fingerprint density at radius 1 is 1.14 bits per heavy atom. The van der Waals surface area contributed by atoms with Crippen molar-refractivity contribution in [3.8, 4) is 0 Å². The zero-order valence-corrected chi connectivity index (χ0v) is 12.7. The Hall–Kier alpha value is -1.30. The van der Waals surface area contributed by atoms with Crippen molar-refractivity contribution in [1.29, 1.82) is 0 Å². The normalized spacial score (nSPS) is 22.7. The molecule has 2 rings (SSSR count). The van der Waals surface area contributed by atoms with Gasteiger partial charge in [-0.15, -0.1) is 0 Å². The predicted molar refractivity (Wildman–Crippen MR) is 82.2 cm³/mol. The Balaban J connectivity index is 1.97. The zero-order valence-electron chi connectivity index (χ0n) is 11.8. The van der Waals surface area contributed by atoms with Crippen LogP contribution in [0.25, 0.3) is 0 Å². The number of nitrogens with one attached hydrogen (secondary N) is 2. The molecule has 0 spiro atoms. The molecule has 21 heavy (non-hydrogen) atoms. The number of alkyl halides is 3. The van der Waals surface area contributed by atoms with E-state index in [-0.39, 0.29) is 16.8 Å². The minimum absolute atomic E-state index is 0.00771. The van der Waals surface area contributed by atoms with Crippen molar-refractivity contribution in [2.45, 2.75) is 44.8 Å². The van der Waals surface area contributed by atoms with Gasteiger partial charge in [0.25, 0.3) is 0 Å². The van der Waals surface area contributed by atoms with Gasteiger partial charge in [0.05, 0.1) is 11.3 Å². The molecule has 1 saturated carbocycles. The van der Waals surface area contributed by atoms with Gasteiger partial charge >= 0.3 is 6.18 Å². The Kier molecular flexibility index (Phi) is 5.08. The van der Waals surface area contributed by atoms with E-state index in [1.165, 1.54) is 12.1 Å². The molecule has 116 valence electrons. The predicted octanol–water partition coefficient (Wildman–Crippen LogP) is 4.57. The molecule has 0 amide bonds. The molecule has 2 nitrogen and oxygen atoms in total. The third-order valence-corrected chi connectivity index (χ3v) is 4.05. The lowest BCUT2D eigenvalue weighted by Gasteiger charge is -2.28. The van der Waals surface area contributed by atoms with Gasteiger partial charge in [-0.2, -0.15) is 13.2 Å². The van der Waals surface area contributed by atoms with E-state index in [9.17, 15) is 13.2 Å². The molecular weight excluding hydrogens is 297 g/mol. The highest BCUT2D eigenvalue weighted by Crippen LogP contribution is 2.34. The van der Waals surface area contributed by atoms with Crippen LogP contribution in [0.5, 0.6) is 0 Å². The van der Waals surface area contributed by atoms with Crippen molar-refractivity contribution >= 4 is 23.0 Å². The van der Waals surface area contributed by atoms with Crippen molar-refractivity contribution in [3.05, 3.63) is 29.8 Å². The van der Waals surface area contributed by atoms with Gasteiger partial charge in [0.2, 0.25) is 0 Å². The second kappa shape index (κ2) is 6.64. The number of thiocarbonyl (C=S) groups is 1. The van der Waals surface area contributed by atoms with E-state index in [0.717, 1.165) is 37.7 Å². The summed E-state index contributed by atoms with van der Waals surface area (Å²) in [6, 6.07) is 5.61. The summed E-state index contributed by atoms with van der Waals surface area (Å²) in [4.78, 5) is 0. The molecule has 1 aromatic rings. The van der Waals surface area contributed by atoms with E-state index in [0.29, 0.717) is 0 Å². The summed E-state index contributed by atoms with van der Waals surface area (Å²) >= 11 is 5.14. The highest BCUT2D eigenvalue weighted by atomic mass is 32.1. The van der Waals surface area contributed by atoms with Crippen LogP contribution in [0.15, 0.2) is 24.3 Å². The average Bonchev–Trinajstić information content (AvgIpc) is 2.41. The summed E-state index contributed by atoms with van der Waals surface area (Å²) in [5.74, 6) is 0.718. The van der Waals surface area contributed by atoms with Gasteiger partial charge in [0, 0.05) is 6.04 Å². The highest BCUT2D eigenvalue weighted by Gasteiger charge is 2.33. The van der Waals surface area contributed by atoms with Crippen LogP contribution in [0, 0.1) is 5.92 Å². The zero-order chi connectivity index (χ0) is 15.5. The first-order chi connectivity index (χ1) is 9.86. The molecule has 1 aromatic carbocycles. The van der Waals surface area contributed by atoms with Crippen molar-refractivity contribution < 1.29 is 13.2 Å². The fraction of sp³-hybridized carbons (Fsp3) is 0.533. The maximum Gasteiger partial charge on any atom is 0.418 e. The van der Waals surface area contributed by atoms with Gasteiger partial charge in [-0.25, -0.2) is 0 Å². The monoisotopic (exact) mass is 316 g/mol. The first-order valence-electron chi connectivity index (χ1n) is 7.10. The van der Waals surface area contributed by atoms with Gasteiger partial charge in [0.15, 0.2) is 5.11 Å². The van der Waals surface area contributed by atoms with E-state index in [1.54, 1.807) is 6.07 Å². The third-order valence-electron chi connectivity index (χ3n) is 3.83. The molecule has 0 atom stereocenters. The van der Waals surface area contributed by atoms with Gasteiger partial charge in [-0.3, -0.25) is 0 Å². The van der Waals surface area contributed by atoms with Crippen molar-refractivity contribution in [1.82, 2.24) is 5.32 Å². The second-order valence-electron chi connectivity index (χ2n) is 5.60. The maximum absolute atomic E-state index is 12.9. The summed E-state index contributed by atoms with van der Waals surface area (Å²) in [5, 5.41) is 6.05. The Labute approximate surface area is 128 Å². The average molecular weight is 316 g/mol. The number of halogens is 3. The number of anilines is 1. The Morgan fingerprint density at radius 3 is 2.38 bits per heavy atom. The van der Waals surface area contributed by atoms with E-state index >= 15 is 0 Å². The number of hydrogen-bond acceptors (Lipinski definition) is 1. The SMILES string of the molecule is CC1CCC(NC(=S)Nc2ccccc2C(F)(F)F)CC1. The summed E-state index contributed by atoms with van der Waals surface area (Å²) in [7, 11) is 0. The molecule has 2 N–H and O–H groups in total. The lowest BCUT2D eigenvalue weighted by Crippen LogP contribution is -2.40. The Bertz CT molecular complexity index is 494. The summed E-state index contributed by atoms with van der Waals surface area (Å²) in [5.41, 5.74) is -0.710. The van der Waals surface area contributed by atoms with E-state index in [1.807, 2.05) is 0 Å². The molecule has 0 saturated heterocycles. The molecule has 0 aliphatic heterocycles. The van der Waals surface area contributed by atoms with E-state index in [4.69, 9.17) is 12.2 Å². The van der Waals surface area contributed by atoms with Crippen LogP contribution in [0.2, 0.25) is 0 Å². The molecule has 0 radical (unpaired) electrons. The minimum Gasteiger partial charge on any atom is -0.360 e. The van der Waals surface area contributed by atoms with Crippen LogP contribution in [-0.2, 0) is 6.18 Å². The fourth-order valence-corrected chi connectivity index (χ4v) is 2.86. The number of rotatable bonds is 2. The smallest absolute Gasteiger partial charge is 0.360 e. The minimum atomic E-state index is -4.39. The molecule has 0 aromatic heterocycles. The summed E-state index contributed by atoms with van der Waals surface area (Å²) in [6.07, 6.45) is -0.133. The summed E-state index contributed by atoms with van der Waals surface area (Å²) < 4.78 is 38.7. The second-order valence-corrected chi connectivity index (χ2v) is 6.01. The number of para-hydroxylation sites is 1. The van der Waals surface area contributed by atoms with Gasteiger partial charge < -0.3 is 10.6 Å². The van der Waals surface area contributed by atoms with Crippen molar-refractivity contribution in [3.63, 3.8) is 0 Å². The topological polar surface area (TPSA) is 24.1 Å². The largest absolute Gasteiger partial charge is 0.418 e. The van der Waals surface area contributed by atoms with Gasteiger partial charge in [0.1, 0.15) is 0 Å². The first kappa shape index (κ1) is 16.1. The van der Waals surface area contributed by atoms with Crippen LogP contribution < -0.4 is 10.6 Å². The van der Waals surface area contributed by atoms with Crippen LogP contribution in [-0.4, -0.2) is 11.2 Å². The van der Waals surface area contributed by atoms with E-state index in [2.05, 4.69) is 17.6 Å². The fourth-order valence-electron chi connectivity index (χ4n) is 2.59. The molecule has 1 aliphatic rings. The maximum atomic E-state index is 12.9. The van der Waals surface area contributed by atoms with Crippen molar-refractivity contribution in [2.75, 3.05) is 5.32 Å². The van der Waals surface area contributed by atoms with Crippen LogP contribution >= 0.6 is 12.2 Å². The number of benzene rings is 1. The van der Waals surface area contributed by atoms with Crippen LogP contribution in [0.3, 0.4) is 0 Å². The lowest BCUT2D eigenvalue weighted by atomic mass is 9.87. The lowest BCUT2D eigenvalue weighted by molar-refractivity contribution is -0.136. The molecule has 0 bridgehead atoms. The van der Waals surface area contributed by atoms with Crippen LogP contribution in [0.4, 0.5) is 18.9 Å². The van der Waals surface area contributed by atoms with Gasteiger partial charge in [-0.1, -0.05) is 19.1 Å². The molecular formula is C15H19F3N2S. The van der Waals surface area contributed by atoms with Crippen molar-refractivity contribution in [2.24, 2.45) is 5.92 Å². The van der Waals surface area contributed by atoms with Crippen LogP contribution in [0.1, 0.15) is 38.2 Å². The van der Waals surface area contributed by atoms with Gasteiger partial charge in [-0.05, 0) is 56.0 Å². The molecule has 1 fully saturated rings. The summed E-state index contributed by atoms with van der Waals surface area (Å²) in [6.45, 7) is 2.21. The molecule has 6 heteroatoms. The first-order valence-corrected chi connectivity index (χ1v) is 7.51. The molecule has 0 heterocycles. The quantitative estimate of drug-likeness (QED) is 0.782. The standard InChI is InChI=1S/C15H19F3N2S/c1-10-6-8-11(9-7-10)19-14(21)20-13-5-3-2-4-12(13)15(16,17)18/h2-5,10-11H,6-9H2,1H3,(H2,19,20,21). The molecule has 1 aliphatic carbocycles. The third kappa shape index (κ3) is 4.59. The van der Waals surface area contributed by atoms with E-state index < -0.39 is 11.7 Å². The molecule has 0 unspecified atom stereocenters.